The van der Waals surface area contributed by atoms with Crippen LogP contribution in [0, 0.1) is 0 Å². The molecule has 7 nitrogen and oxygen atoms in total. The van der Waals surface area contributed by atoms with Crippen molar-refractivity contribution in [1.29, 1.82) is 0 Å². The van der Waals surface area contributed by atoms with Gasteiger partial charge in [0.2, 0.25) is 5.91 Å². The standard InChI is InChI=1S/C24H30N4O3/c1-30-23-17-21(20-7-5-11-25-20)27-22(23)16-19-10-9-18(26-19)6-3-2-4-8-24(29)28-12-14-31-15-13-28/h5,7,9-11,16-17,25,27H,2-4,6,8,12-15H2,1H3/b19-16-. The molecule has 1 fully saturated rings. The second-order valence-corrected chi connectivity index (χ2v) is 7.81. The van der Waals surface area contributed by atoms with E-state index in [0.29, 0.717) is 19.6 Å². The number of carbonyl (C=O) groups is 1. The van der Waals surface area contributed by atoms with Gasteiger partial charge < -0.3 is 24.3 Å². The van der Waals surface area contributed by atoms with Crippen LogP contribution in [0.1, 0.15) is 37.8 Å². The lowest BCUT2D eigenvalue weighted by molar-refractivity contribution is -0.135. The molecule has 0 radical (unpaired) electrons. The van der Waals surface area contributed by atoms with Gasteiger partial charge in [0.05, 0.1) is 43.1 Å². The summed E-state index contributed by atoms with van der Waals surface area (Å²) in [6.07, 6.45) is 12.6. The minimum Gasteiger partial charge on any atom is -0.494 e. The Bertz CT molecular complexity index is 963. The number of aliphatic imine (C=N–C) groups is 1. The number of nitrogens with zero attached hydrogens (tertiary/aromatic N) is 2. The molecule has 2 aliphatic rings. The fraction of sp³-hybridized carbons (Fsp3) is 0.417. The molecule has 2 N–H and O–H groups in total. The number of methoxy groups -OCH3 is 1. The molecule has 7 heteroatoms. The van der Waals surface area contributed by atoms with Gasteiger partial charge in [-0.3, -0.25) is 9.79 Å². The summed E-state index contributed by atoms with van der Waals surface area (Å²) in [7, 11) is 1.67. The van der Waals surface area contributed by atoms with E-state index in [-0.39, 0.29) is 5.91 Å². The van der Waals surface area contributed by atoms with Crippen molar-refractivity contribution in [1.82, 2.24) is 14.9 Å². The molecule has 0 aromatic carbocycles. The van der Waals surface area contributed by atoms with Crippen LogP contribution < -0.4 is 4.74 Å². The first-order chi connectivity index (χ1) is 15.2. The molecule has 0 bridgehead atoms. The predicted molar refractivity (Wildman–Crippen MR) is 122 cm³/mol. The van der Waals surface area contributed by atoms with Gasteiger partial charge in [0.15, 0.2) is 0 Å². The van der Waals surface area contributed by atoms with Gasteiger partial charge >= 0.3 is 0 Å². The minimum atomic E-state index is 0.255. The molecule has 0 atom stereocenters. The number of aromatic nitrogens is 2. The van der Waals surface area contributed by atoms with Gasteiger partial charge in [-0.2, -0.15) is 0 Å². The molecule has 0 saturated carbocycles. The third-order valence-corrected chi connectivity index (χ3v) is 5.62. The van der Waals surface area contributed by atoms with Crippen LogP contribution in [-0.2, 0) is 9.53 Å². The molecule has 164 valence electrons. The van der Waals surface area contributed by atoms with Gasteiger partial charge in [0.1, 0.15) is 5.75 Å². The van der Waals surface area contributed by atoms with E-state index in [9.17, 15) is 4.79 Å². The third kappa shape index (κ3) is 5.55. The molecule has 2 aromatic heterocycles. The predicted octanol–water partition coefficient (Wildman–Crippen LogP) is 4.18. The van der Waals surface area contributed by atoms with E-state index in [0.717, 1.165) is 73.0 Å². The first-order valence-electron chi connectivity index (χ1n) is 11.0. The molecule has 1 amide bonds. The fourth-order valence-electron chi connectivity index (χ4n) is 3.89. The van der Waals surface area contributed by atoms with Crippen LogP contribution in [0.5, 0.6) is 5.75 Å². The molecular formula is C24H30N4O3. The van der Waals surface area contributed by atoms with Gasteiger partial charge in [-0.15, -0.1) is 0 Å². The van der Waals surface area contributed by atoms with Crippen LogP contribution in [0.25, 0.3) is 17.5 Å². The van der Waals surface area contributed by atoms with Gasteiger partial charge in [0, 0.05) is 37.5 Å². The largest absolute Gasteiger partial charge is 0.494 e. The van der Waals surface area contributed by atoms with E-state index in [4.69, 9.17) is 14.5 Å². The van der Waals surface area contributed by atoms with Crippen molar-refractivity contribution in [3.63, 3.8) is 0 Å². The van der Waals surface area contributed by atoms with E-state index in [1.165, 1.54) is 0 Å². The summed E-state index contributed by atoms with van der Waals surface area (Å²) in [5.41, 5.74) is 4.89. The number of aromatic amines is 2. The lowest BCUT2D eigenvalue weighted by Gasteiger charge is -2.26. The Morgan fingerprint density at radius 1 is 1.23 bits per heavy atom. The van der Waals surface area contributed by atoms with E-state index in [2.05, 4.69) is 16.0 Å². The molecule has 0 spiro atoms. The molecule has 31 heavy (non-hydrogen) atoms. The van der Waals surface area contributed by atoms with Crippen LogP contribution in [-0.4, -0.2) is 59.9 Å². The van der Waals surface area contributed by atoms with Gasteiger partial charge in [-0.1, -0.05) is 6.42 Å². The summed E-state index contributed by atoms with van der Waals surface area (Å²) in [6, 6.07) is 5.97. The maximum atomic E-state index is 12.2. The number of allylic oxidation sites excluding steroid dienone is 2. The molecule has 4 heterocycles. The van der Waals surface area contributed by atoms with Crippen LogP contribution in [0.15, 0.2) is 47.2 Å². The Hall–Kier alpha value is -3.06. The van der Waals surface area contributed by atoms with Crippen molar-refractivity contribution in [3.05, 3.63) is 47.9 Å². The van der Waals surface area contributed by atoms with Crippen LogP contribution >= 0.6 is 0 Å². The summed E-state index contributed by atoms with van der Waals surface area (Å²) < 4.78 is 10.8. The number of carbonyl (C=O) groups excluding carboxylic acids is 1. The number of H-pyrrole nitrogens is 2. The smallest absolute Gasteiger partial charge is 0.222 e. The van der Waals surface area contributed by atoms with Crippen LogP contribution in [0.3, 0.4) is 0 Å². The van der Waals surface area contributed by atoms with Gasteiger partial charge in [0.25, 0.3) is 0 Å². The summed E-state index contributed by atoms with van der Waals surface area (Å²) in [6.45, 7) is 2.78. The number of hydrogen-bond donors (Lipinski definition) is 2. The fourth-order valence-corrected chi connectivity index (χ4v) is 3.89. The number of nitrogens with one attached hydrogen (secondary N) is 2. The maximum absolute atomic E-state index is 12.2. The highest BCUT2D eigenvalue weighted by molar-refractivity contribution is 5.99. The van der Waals surface area contributed by atoms with Crippen molar-refractivity contribution in [2.45, 2.75) is 32.1 Å². The Balaban J connectivity index is 1.25. The van der Waals surface area contributed by atoms with Gasteiger partial charge in [-0.25, -0.2) is 0 Å². The summed E-state index contributed by atoms with van der Waals surface area (Å²) in [4.78, 5) is 25.4. The van der Waals surface area contributed by atoms with Crippen LogP contribution in [0.2, 0.25) is 0 Å². The monoisotopic (exact) mass is 422 g/mol. The Labute approximate surface area is 182 Å². The molecule has 2 aliphatic heterocycles. The lowest BCUT2D eigenvalue weighted by Crippen LogP contribution is -2.40. The van der Waals surface area contributed by atoms with Crippen molar-refractivity contribution >= 4 is 17.7 Å². The van der Waals surface area contributed by atoms with Crippen molar-refractivity contribution in [2.24, 2.45) is 4.99 Å². The van der Waals surface area contributed by atoms with Crippen molar-refractivity contribution < 1.29 is 14.3 Å². The second-order valence-electron chi connectivity index (χ2n) is 7.81. The summed E-state index contributed by atoms with van der Waals surface area (Å²) in [5, 5.41) is 0. The molecular weight excluding hydrogens is 392 g/mol. The summed E-state index contributed by atoms with van der Waals surface area (Å²) in [5.74, 6) is 1.05. The molecule has 0 aliphatic carbocycles. The number of rotatable bonds is 9. The number of unbranched alkanes of at least 4 members (excludes halogenated alkanes) is 2. The first kappa shape index (κ1) is 21.2. The van der Waals surface area contributed by atoms with Gasteiger partial charge in [-0.05, 0) is 49.6 Å². The minimum absolute atomic E-state index is 0.255. The topological polar surface area (TPSA) is 82.7 Å². The SMILES string of the molecule is COc1cc(-c2ccc[nH]2)[nH]c1/C=C1/C=CC(CCCCCC(=O)N2CCOCC2)=N1. The average molecular weight is 423 g/mol. The van der Waals surface area contributed by atoms with E-state index in [1.54, 1.807) is 7.11 Å². The normalized spacial score (nSPS) is 17.4. The third-order valence-electron chi connectivity index (χ3n) is 5.62. The quantitative estimate of drug-likeness (QED) is 0.595. The zero-order valence-corrected chi connectivity index (χ0v) is 18.0. The summed E-state index contributed by atoms with van der Waals surface area (Å²) >= 11 is 0. The van der Waals surface area contributed by atoms with E-state index >= 15 is 0 Å². The van der Waals surface area contributed by atoms with E-state index < -0.39 is 0 Å². The second kappa shape index (κ2) is 10.3. The molecule has 2 aromatic rings. The molecule has 1 saturated heterocycles. The number of amides is 1. The Morgan fingerprint density at radius 2 is 2.10 bits per heavy atom. The maximum Gasteiger partial charge on any atom is 0.222 e. The number of morpholine rings is 1. The number of hydrogen-bond acceptors (Lipinski definition) is 4. The van der Waals surface area contributed by atoms with Crippen molar-refractivity contribution in [2.75, 3.05) is 33.4 Å². The molecule has 4 rings (SSSR count). The highest BCUT2D eigenvalue weighted by Crippen LogP contribution is 2.29. The Kier molecular flexibility index (Phi) is 7.04. The zero-order valence-electron chi connectivity index (χ0n) is 18.0. The van der Waals surface area contributed by atoms with Crippen molar-refractivity contribution in [3.8, 4) is 17.1 Å². The van der Waals surface area contributed by atoms with E-state index in [1.807, 2.05) is 41.4 Å². The first-order valence-corrected chi connectivity index (χ1v) is 11.0. The average Bonchev–Trinajstić information content (AvgIpc) is 3.55. The highest BCUT2D eigenvalue weighted by Gasteiger charge is 2.16. The Morgan fingerprint density at radius 3 is 2.87 bits per heavy atom. The highest BCUT2D eigenvalue weighted by atomic mass is 16.5. The lowest BCUT2D eigenvalue weighted by atomic mass is 10.1. The molecule has 0 unspecified atom stereocenters. The van der Waals surface area contributed by atoms with Crippen LogP contribution in [0.4, 0.5) is 0 Å². The zero-order chi connectivity index (χ0) is 21.5. The number of ether oxygens (including phenoxy) is 2.